The van der Waals surface area contributed by atoms with Crippen LogP contribution in [0.2, 0.25) is 5.02 Å². The molecule has 0 saturated carbocycles. The second kappa shape index (κ2) is 7.30. The number of hydrogen-bond donors (Lipinski definition) is 3. The molecule has 160 valence electrons. The van der Waals surface area contributed by atoms with Crippen molar-refractivity contribution in [2.75, 3.05) is 24.7 Å². The summed E-state index contributed by atoms with van der Waals surface area (Å²) in [6.45, 7) is 9.76. The molecule has 0 aliphatic heterocycles. The molecule has 3 N–H and O–H groups in total. The predicted molar refractivity (Wildman–Crippen MR) is 116 cm³/mol. The van der Waals surface area contributed by atoms with Gasteiger partial charge in [0.1, 0.15) is 16.3 Å². The molecular formula is C19H26ClN3O5S. The number of halogens is 1. The van der Waals surface area contributed by atoms with Gasteiger partial charge >= 0.3 is 0 Å². The molecule has 0 aliphatic rings. The van der Waals surface area contributed by atoms with E-state index in [0.717, 1.165) is 4.31 Å². The molecule has 2 aromatic rings. The van der Waals surface area contributed by atoms with Crippen LogP contribution in [0.25, 0.3) is 0 Å². The lowest BCUT2D eigenvalue weighted by Gasteiger charge is -2.41. The number of phenols is 1. The van der Waals surface area contributed by atoms with E-state index in [1.807, 2.05) is 34.6 Å². The Morgan fingerprint density at radius 3 is 2.00 bits per heavy atom. The molecule has 0 fully saturated rings. The van der Waals surface area contributed by atoms with Gasteiger partial charge in [-0.3, -0.25) is 9.59 Å². The summed E-state index contributed by atoms with van der Waals surface area (Å²) < 4.78 is 25.9. The van der Waals surface area contributed by atoms with Crippen LogP contribution in [0, 0.1) is 5.41 Å². The maximum Gasteiger partial charge on any atom is 0.253 e. The summed E-state index contributed by atoms with van der Waals surface area (Å²) in [6.07, 6.45) is 0. The molecule has 0 aliphatic carbocycles. The zero-order valence-electron chi connectivity index (χ0n) is 17.5. The molecule has 0 amide bonds. The smallest absolute Gasteiger partial charge is 0.253 e. The Morgan fingerprint density at radius 2 is 1.52 bits per heavy atom. The van der Waals surface area contributed by atoms with Gasteiger partial charge < -0.3 is 15.7 Å². The van der Waals surface area contributed by atoms with Crippen molar-refractivity contribution in [1.82, 2.24) is 4.31 Å². The molecule has 10 heteroatoms. The Labute approximate surface area is 175 Å². The minimum absolute atomic E-state index is 0.0434. The maximum absolute atomic E-state index is 12.5. The van der Waals surface area contributed by atoms with Crippen LogP contribution >= 0.6 is 11.6 Å². The van der Waals surface area contributed by atoms with E-state index in [0.29, 0.717) is 0 Å². The van der Waals surface area contributed by atoms with Gasteiger partial charge in [0, 0.05) is 19.6 Å². The van der Waals surface area contributed by atoms with Crippen LogP contribution in [0.3, 0.4) is 0 Å². The van der Waals surface area contributed by atoms with Crippen LogP contribution in [-0.4, -0.2) is 37.5 Å². The molecule has 29 heavy (non-hydrogen) atoms. The molecule has 0 radical (unpaired) electrons. The molecule has 0 unspecified atom stereocenters. The predicted octanol–water partition coefficient (Wildman–Crippen LogP) is 2.87. The van der Waals surface area contributed by atoms with E-state index in [1.54, 1.807) is 0 Å². The van der Waals surface area contributed by atoms with E-state index >= 15 is 0 Å². The molecular weight excluding hydrogens is 418 g/mol. The number of phenolic OH excluding ortho intramolecular Hbond substituents is 1. The molecule has 8 nitrogen and oxygen atoms in total. The third-order valence-electron chi connectivity index (χ3n) is 5.30. The third kappa shape index (κ3) is 3.99. The fourth-order valence-corrected chi connectivity index (χ4v) is 3.82. The van der Waals surface area contributed by atoms with Gasteiger partial charge in [0.2, 0.25) is 10.0 Å². The zero-order chi connectivity index (χ0) is 22.5. The Bertz CT molecular complexity index is 1120. The van der Waals surface area contributed by atoms with Crippen LogP contribution in [0.4, 0.5) is 17.1 Å². The fraction of sp³-hybridized carbons (Fsp3) is 0.474. The van der Waals surface area contributed by atoms with Gasteiger partial charge in [0.05, 0.1) is 10.7 Å². The highest BCUT2D eigenvalue weighted by Gasteiger charge is 2.36. The van der Waals surface area contributed by atoms with E-state index < -0.39 is 37.1 Å². The average molecular weight is 444 g/mol. The van der Waals surface area contributed by atoms with Crippen molar-refractivity contribution in [2.24, 2.45) is 5.41 Å². The molecule has 0 aromatic heterocycles. The third-order valence-corrected chi connectivity index (χ3v) is 7.62. The van der Waals surface area contributed by atoms with Gasteiger partial charge in [-0.1, -0.05) is 32.4 Å². The van der Waals surface area contributed by atoms with Crippen molar-refractivity contribution in [3.05, 3.63) is 37.6 Å². The highest BCUT2D eigenvalue weighted by molar-refractivity contribution is 7.89. The first-order valence-corrected chi connectivity index (χ1v) is 10.7. The molecule has 0 saturated heterocycles. The van der Waals surface area contributed by atoms with Gasteiger partial charge in [0.25, 0.3) is 10.9 Å². The lowest BCUT2D eigenvalue weighted by atomic mass is 9.76. The van der Waals surface area contributed by atoms with Crippen LogP contribution in [0.15, 0.2) is 26.6 Å². The molecule has 0 bridgehead atoms. The van der Waals surface area contributed by atoms with Crippen molar-refractivity contribution in [3.63, 3.8) is 0 Å². The summed E-state index contributed by atoms with van der Waals surface area (Å²) in [4.78, 5) is 23.8. The van der Waals surface area contributed by atoms with Gasteiger partial charge in [-0.15, -0.1) is 0 Å². The second-order valence-electron chi connectivity index (χ2n) is 8.59. The summed E-state index contributed by atoms with van der Waals surface area (Å²) in [5.41, 5.74) is -2.23. The zero-order valence-corrected chi connectivity index (χ0v) is 19.0. The number of hydrogen-bond acceptors (Lipinski definition) is 7. The summed E-state index contributed by atoms with van der Waals surface area (Å²) in [6, 6.07) is 2.62. The summed E-state index contributed by atoms with van der Waals surface area (Å²) >= 11 is 5.99. The lowest BCUT2D eigenvalue weighted by molar-refractivity contribution is 0.254. The van der Waals surface area contributed by atoms with E-state index in [-0.39, 0.29) is 27.5 Å². The first-order chi connectivity index (χ1) is 13.0. The first-order valence-electron chi connectivity index (χ1n) is 8.85. The van der Waals surface area contributed by atoms with Gasteiger partial charge in [-0.05, 0) is 31.4 Å². The molecule has 2 rings (SSSR count). The van der Waals surface area contributed by atoms with Gasteiger partial charge in [0.15, 0.2) is 5.75 Å². The Morgan fingerprint density at radius 1 is 1.00 bits per heavy atom. The minimum Gasteiger partial charge on any atom is -0.504 e. The quantitative estimate of drug-likeness (QED) is 0.464. The summed E-state index contributed by atoms with van der Waals surface area (Å²) in [5, 5.41) is 16.1. The monoisotopic (exact) mass is 443 g/mol. The van der Waals surface area contributed by atoms with Crippen molar-refractivity contribution in [2.45, 2.75) is 45.1 Å². The number of nitrogens with zero attached hydrogens (tertiary/aromatic N) is 1. The fourth-order valence-electron chi connectivity index (χ4n) is 2.34. The number of sulfonamides is 1. The van der Waals surface area contributed by atoms with Crippen LogP contribution < -0.4 is 21.5 Å². The number of rotatable bonds is 6. The Balaban J connectivity index is 2.52. The van der Waals surface area contributed by atoms with Crippen molar-refractivity contribution in [1.29, 1.82) is 0 Å². The number of benzene rings is 1. The lowest BCUT2D eigenvalue weighted by Crippen LogP contribution is -2.48. The topological polar surface area (TPSA) is 116 Å². The van der Waals surface area contributed by atoms with Gasteiger partial charge in [-0.2, -0.15) is 0 Å². The van der Waals surface area contributed by atoms with Crippen LogP contribution in [0.5, 0.6) is 5.75 Å². The molecule has 0 atom stereocenters. The standard InChI is InChI=1S/C19H26ClN3O5S/c1-18(2,3)19(4,5)22-13-12(15(25)16(13)26)21-11-9-8-10(20)17(14(11)24)29(27,28)23(6)7/h8-9,21-22,24H,1-7H3. The Hall–Kier alpha value is -2.10. The van der Waals surface area contributed by atoms with E-state index in [4.69, 9.17) is 11.6 Å². The average Bonchev–Trinajstić information content (AvgIpc) is 2.57. The maximum atomic E-state index is 12.5. The Kier molecular flexibility index (Phi) is 5.84. The minimum atomic E-state index is -4.04. The largest absolute Gasteiger partial charge is 0.504 e. The van der Waals surface area contributed by atoms with Gasteiger partial charge in [-0.25, -0.2) is 12.7 Å². The molecule has 2 aromatic carbocycles. The van der Waals surface area contributed by atoms with Crippen molar-refractivity contribution < 1.29 is 13.5 Å². The SMILES string of the molecule is CN(C)S(=O)(=O)c1c(Cl)ccc(Nc2c(NC(C)(C)C(C)(C)C)c(=O)c2=O)c1O. The highest BCUT2D eigenvalue weighted by atomic mass is 35.5. The van der Waals surface area contributed by atoms with E-state index in [2.05, 4.69) is 10.6 Å². The van der Waals surface area contributed by atoms with Crippen molar-refractivity contribution >= 4 is 38.7 Å². The number of anilines is 3. The number of nitrogens with one attached hydrogen (secondary N) is 2. The highest BCUT2D eigenvalue weighted by Crippen LogP contribution is 2.40. The first kappa shape index (κ1) is 23.2. The summed E-state index contributed by atoms with van der Waals surface area (Å²) in [7, 11) is -1.44. The molecule has 0 spiro atoms. The normalized spacial score (nSPS) is 13.1. The number of aromatic hydroxyl groups is 1. The van der Waals surface area contributed by atoms with Crippen molar-refractivity contribution in [3.8, 4) is 5.75 Å². The van der Waals surface area contributed by atoms with E-state index in [1.165, 1.54) is 26.2 Å². The second-order valence-corrected chi connectivity index (χ2v) is 11.1. The van der Waals surface area contributed by atoms with Crippen LogP contribution in [-0.2, 0) is 10.0 Å². The van der Waals surface area contributed by atoms with E-state index in [9.17, 15) is 23.1 Å². The molecule has 0 heterocycles. The summed E-state index contributed by atoms with van der Waals surface area (Å²) in [5.74, 6) is -0.639. The van der Waals surface area contributed by atoms with Crippen LogP contribution in [0.1, 0.15) is 34.6 Å².